The molecule has 1 aromatic heterocycles. The molecule has 0 radical (unpaired) electrons. The average molecular weight is 349 g/mol. The topological polar surface area (TPSA) is 80.1 Å². The van der Waals surface area contributed by atoms with Gasteiger partial charge in [-0.3, -0.25) is 9.69 Å². The standard InChI is InChI=1S/C16H23N5O2S/c1-2-9-21-14(12-6-4-3-5-7-12)18-19-16(21)24-11-13(22)20-10-8-17-15(20)23/h2,12H,1,3-11H2,(H,17,23). The Morgan fingerprint density at radius 1 is 1.33 bits per heavy atom. The zero-order valence-electron chi connectivity index (χ0n) is 13.7. The fraction of sp³-hybridized carbons (Fsp3) is 0.625. The summed E-state index contributed by atoms with van der Waals surface area (Å²) in [6, 6.07) is -0.309. The Kier molecular flexibility index (Phi) is 5.55. The molecule has 1 N–H and O–H groups in total. The third-order valence-electron chi connectivity index (χ3n) is 4.51. The van der Waals surface area contributed by atoms with Gasteiger partial charge in [0.05, 0.1) is 5.75 Å². The molecule has 1 saturated heterocycles. The quantitative estimate of drug-likeness (QED) is 0.629. The molecule has 1 aliphatic heterocycles. The molecular weight excluding hydrogens is 326 g/mol. The highest BCUT2D eigenvalue weighted by Crippen LogP contribution is 2.33. The molecule has 0 bridgehead atoms. The molecule has 2 heterocycles. The molecular formula is C16H23N5O2S. The van der Waals surface area contributed by atoms with E-state index in [0.717, 1.165) is 23.8 Å². The van der Waals surface area contributed by atoms with Gasteiger partial charge in [0.2, 0.25) is 5.91 Å². The van der Waals surface area contributed by atoms with Crippen LogP contribution >= 0.6 is 11.8 Å². The van der Waals surface area contributed by atoms with Gasteiger partial charge >= 0.3 is 6.03 Å². The van der Waals surface area contributed by atoms with Crippen molar-refractivity contribution in [3.63, 3.8) is 0 Å². The summed E-state index contributed by atoms with van der Waals surface area (Å²) in [5.41, 5.74) is 0. The minimum atomic E-state index is -0.309. The molecule has 3 rings (SSSR count). The van der Waals surface area contributed by atoms with Crippen LogP contribution in [0.2, 0.25) is 0 Å². The highest BCUT2D eigenvalue weighted by atomic mass is 32.2. The zero-order valence-corrected chi connectivity index (χ0v) is 14.6. The van der Waals surface area contributed by atoms with Gasteiger partial charge in [0.1, 0.15) is 5.82 Å². The number of amides is 3. The van der Waals surface area contributed by atoms with E-state index >= 15 is 0 Å². The van der Waals surface area contributed by atoms with Crippen LogP contribution in [0.25, 0.3) is 0 Å². The van der Waals surface area contributed by atoms with Crippen LogP contribution in [-0.2, 0) is 11.3 Å². The number of imide groups is 1. The van der Waals surface area contributed by atoms with Crippen LogP contribution in [0.15, 0.2) is 17.8 Å². The number of hydrogen-bond acceptors (Lipinski definition) is 5. The summed E-state index contributed by atoms with van der Waals surface area (Å²) in [5, 5.41) is 12.0. The molecule has 24 heavy (non-hydrogen) atoms. The second-order valence-electron chi connectivity index (χ2n) is 6.14. The number of aromatic nitrogens is 3. The van der Waals surface area contributed by atoms with Crippen LogP contribution in [0, 0.1) is 0 Å². The molecule has 7 nitrogen and oxygen atoms in total. The molecule has 8 heteroatoms. The van der Waals surface area contributed by atoms with Crippen molar-refractivity contribution in [2.75, 3.05) is 18.8 Å². The predicted molar refractivity (Wildman–Crippen MR) is 91.9 cm³/mol. The highest BCUT2D eigenvalue weighted by molar-refractivity contribution is 7.99. The number of rotatable bonds is 6. The summed E-state index contributed by atoms with van der Waals surface area (Å²) < 4.78 is 2.06. The Labute approximate surface area is 145 Å². The first-order valence-corrected chi connectivity index (χ1v) is 9.44. The first kappa shape index (κ1) is 17.0. The molecule has 2 fully saturated rings. The minimum absolute atomic E-state index is 0.188. The molecule has 0 aromatic carbocycles. The summed E-state index contributed by atoms with van der Waals surface area (Å²) in [4.78, 5) is 25.0. The summed E-state index contributed by atoms with van der Waals surface area (Å²) in [6.45, 7) is 5.41. The molecule has 1 aliphatic carbocycles. The summed E-state index contributed by atoms with van der Waals surface area (Å²) in [5.74, 6) is 1.44. The van der Waals surface area contributed by atoms with Crippen molar-refractivity contribution in [1.29, 1.82) is 0 Å². The molecule has 1 aromatic rings. The van der Waals surface area contributed by atoms with Crippen LogP contribution in [-0.4, -0.2) is 50.4 Å². The van der Waals surface area contributed by atoms with Crippen molar-refractivity contribution in [3.8, 4) is 0 Å². The first-order chi connectivity index (χ1) is 11.7. The minimum Gasteiger partial charge on any atom is -0.336 e. The normalized spacial score (nSPS) is 18.7. The van der Waals surface area contributed by atoms with E-state index in [1.165, 1.54) is 35.9 Å². The summed E-state index contributed by atoms with van der Waals surface area (Å²) in [6.07, 6.45) is 7.88. The van der Waals surface area contributed by atoms with Crippen molar-refractivity contribution in [3.05, 3.63) is 18.5 Å². The van der Waals surface area contributed by atoms with Gasteiger partial charge in [0.25, 0.3) is 0 Å². The number of urea groups is 1. The maximum absolute atomic E-state index is 12.2. The molecule has 1 saturated carbocycles. The van der Waals surface area contributed by atoms with Gasteiger partial charge in [0, 0.05) is 25.6 Å². The second kappa shape index (κ2) is 7.83. The molecule has 0 unspecified atom stereocenters. The van der Waals surface area contributed by atoms with Gasteiger partial charge < -0.3 is 9.88 Å². The van der Waals surface area contributed by atoms with E-state index in [4.69, 9.17) is 0 Å². The van der Waals surface area contributed by atoms with E-state index in [-0.39, 0.29) is 17.7 Å². The highest BCUT2D eigenvalue weighted by Gasteiger charge is 2.27. The lowest BCUT2D eigenvalue weighted by Gasteiger charge is -2.21. The van der Waals surface area contributed by atoms with Gasteiger partial charge in [-0.25, -0.2) is 4.79 Å². The molecule has 3 amide bonds. The van der Waals surface area contributed by atoms with Crippen LogP contribution in [0.4, 0.5) is 4.79 Å². The van der Waals surface area contributed by atoms with Crippen molar-refractivity contribution in [1.82, 2.24) is 25.0 Å². The molecule has 2 aliphatic rings. The number of nitrogens with one attached hydrogen (secondary N) is 1. The number of carbonyl (C=O) groups is 2. The van der Waals surface area contributed by atoms with E-state index in [1.54, 1.807) is 0 Å². The van der Waals surface area contributed by atoms with Crippen LogP contribution < -0.4 is 5.32 Å². The van der Waals surface area contributed by atoms with Crippen LogP contribution in [0.3, 0.4) is 0 Å². The van der Waals surface area contributed by atoms with E-state index in [1.807, 2.05) is 6.08 Å². The monoisotopic (exact) mass is 349 g/mol. The van der Waals surface area contributed by atoms with Gasteiger partial charge in [-0.2, -0.15) is 0 Å². The van der Waals surface area contributed by atoms with E-state index < -0.39 is 0 Å². The number of thioether (sulfide) groups is 1. The molecule has 0 spiro atoms. The lowest BCUT2D eigenvalue weighted by molar-refractivity contribution is -0.124. The maximum atomic E-state index is 12.2. The number of allylic oxidation sites excluding steroid dienone is 1. The first-order valence-electron chi connectivity index (χ1n) is 8.45. The Morgan fingerprint density at radius 2 is 2.12 bits per heavy atom. The van der Waals surface area contributed by atoms with Crippen molar-refractivity contribution >= 4 is 23.7 Å². The third-order valence-corrected chi connectivity index (χ3v) is 5.46. The van der Waals surface area contributed by atoms with Crippen LogP contribution in [0.5, 0.6) is 0 Å². The van der Waals surface area contributed by atoms with E-state index in [0.29, 0.717) is 25.6 Å². The number of nitrogens with zero attached hydrogens (tertiary/aromatic N) is 4. The fourth-order valence-corrected chi connectivity index (χ4v) is 4.11. The lowest BCUT2D eigenvalue weighted by Crippen LogP contribution is -2.35. The lowest BCUT2D eigenvalue weighted by atomic mass is 9.89. The Morgan fingerprint density at radius 3 is 2.79 bits per heavy atom. The Bertz CT molecular complexity index is 624. The van der Waals surface area contributed by atoms with Crippen LogP contribution in [0.1, 0.15) is 43.8 Å². The van der Waals surface area contributed by atoms with Gasteiger partial charge in [-0.15, -0.1) is 16.8 Å². The number of carbonyl (C=O) groups excluding carboxylic acids is 2. The van der Waals surface area contributed by atoms with E-state index in [2.05, 4.69) is 26.7 Å². The second-order valence-corrected chi connectivity index (χ2v) is 7.08. The summed E-state index contributed by atoms with van der Waals surface area (Å²) in [7, 11) is 0. The Hall–Kier alpha value is -1.83. The van der Waals surface area contributed by atoms with Crippen molar-refractivity contribution < 1.29 is 9.59 Å². The average Bonchev–Trinajstić information content (AvgIpc) is 3.20. The maximum Gasteiger partial charge on any atom is 0.324 e. The van der Waals surface area contributed by atoms with E-state index in [9.17, 15) is 9.59 Å². The smallest absolute Gasteiger partial charge is 0.324 e. The Balaban J connectivity index is 1.68. The van der Waals surface area contributed by atoms with Gasteiger partial charge in [0.15, 0.2) is 5.16 Å². The third kappa shape index (κ3) is 3.63. The van der Waals surface area contributed by atoms with Crippen molar-refractivity contribution in [2.45, 2.75) is 49.7 Å². The largest absolute Gasteiger partial charge is 0.336 e. The number of hydrogen-bond donors (Lipinski definition) is 1. The van der Waals surface area contributed by atoms with Crippen molar-refractivity contribution in [2.24, 2.45) is 0 Å². The SMILES string of the molecule is C=CCn1c(SCC(=O)N2CCNC2=O)nnc1C1CCCCC1. The summed E-state index contributed by atoms with van der Waals surface area (Å²) >= 11 is 1.34. The molecule has 0 atom stereocenters. The van der Waals surface area contributed by atoms with Gasteiger partial charge in [-0.1, -0.05) is 37.1 Å². The molecule has 130 valence electrons. The predicted octanol–water partition coefficient (Wildman–Crippen LogP) is 2.16. The zero-order chi connectivity index (χ0) is 16.9. The van der Waals surface area contributed by atoms with Gasteiger partial charge in [-0.05, 0) is 12.8 Å². The fourth-order valence-electron chi connectivity index (χ4n) is 3.28.